The number of halogens is 3. The second kappa shape index (κ2) is 6.79. The van der Waals surface area contributed by atoms with Crippen molar-refractivity contribution in [1.82, 2.24) is 19.9 Å². The highest BCUT2D eigenvalue weighted by atomic mass is 32.1. The molecular formula is C15H13F3N4O2S. The first-order valence-electron chi connectivity index (χ1n) is 7.42. The summed E-state index contributed by atoms with van der Waals surface area (Å²) in [6.07, 6.45) is -0.256. The van der Waals surface area contributed by atoms with E-state index in [4.69, 9.17) is 0 Å². The first-order valence-corrected chi connectivity index (χ1v) is 8.24. The van der Waals surface area contributed by atoms with Crippen molar-refractivity contribution in [2.75, 3.05) is 0 Å². The number of Topliss-reactive ketones (excluding diaryl/α,β-unsaturated/α-hetero) is 1. The number of nitrogens with zero attached hydrogens (tertiary/aromatic N) is 4. The van der Waals surface area contributed by atoms with Gasteiger partial charge in [-0.3, -0.25) is 9.48 Å². The molecule has 0 spiro atoms. The van der Waals surface area contributed by atoms with Crippen molar-refractivity contribution in [2.24, 2.45) is 0 Å². The number of carbonyl (C=O) groups excluding carboxylic acids is 1. The Hall–Kier alpha value is -2.49. The zero-order valence-corrected chi connectivity index (χ0v) is 13.9. The summed E-state index contributed by atoms with van der Waals surface area (Å²) in [4.78, 5) is 16.5. The summed E-state index contributed by atoms with van der Waals surface area (Å²) in [7, 11) is 0. The van der Waals surface area contributed by atoms with E-state index in [9.17, 15) is 18.0 Å². The number of hydrogen-bond donors (Lipinski definition) is 0. The van der Waals surface area contributed by atoms with Crippen LogP contribution in [0, 0.1) is 0 Å². The molecule has 0 saturated heterocycles. The van der Waals surface area contributed by atoms with E-state index in [1.807, 2.05) is 6.92 Å². The Bertz CT molecular complexity index is 881. The Balaban J connectivity index is 1.72. The topological polar surface area (TPSA) is 73.8 Å². The number of ketones is 1. The zero-order valence-electron chi connectivity index (χ0n) is 13.1. The molecule has 0 radical (unpaired) electrons. The summed E-state index contributed by atoms with van der Waals surface area (Å²) in [6.45, 7) is 2.33. The van der Waals surface area contributed by atoms with Crippen molar-refractivity contribution >= 4 is 17.1 Å². The predicted molar refractivity (Wildman–Crippen MR) is 83.2 cm³/mol. The molecule has 0 aliphatic carbocycles. The summed E-state index contributed by atoms with van der Waals surface area (Å²) < 4.78 is 43.3. The van der Waals surface area contributed by atoms with E-state index in [1.54, 1.807) is 23.0 Å². The van der Waals surface area contributed by atoms with Crippen LogP contribution in [0.5, 0.6) is 0 Å². The van der Waals surface area contributed by atoms with Gasteiger partial charge in [0.15, 0.2) is 5.78 Å². The highest BCUT2D eigenvalue weighted by Gasteiger charge is 2.38. The number of aromatic nitrogens is 4. The second-order valence-electron chi connectivity index (χ2n) is 5.29. The molecule has 0 amide bonds. The van der Waals surface area contributed by atoms with Crippen LogP contribution in [0.25, 0.3) is 10.7 Å². The number of thiophene rings is 1. The smallest absolute Gasteiger partial charge is 0.329 e. The average molecular weight is 370 g/mol. The third-order valence-corrected chi connectivity index (χ3v) is 4.37. The molecule has 0 atom stereocenters. The van der Waals surface area contributed by atoms with Crippen molar-refractivity contribution in [3.05, 3.63) is 40.9 Å². The van der Waals surface area contributed by atoms with Gasteiger partial charge in [0.1, 0.15) is 0 Å². The quantitative estimate of drug-likeness (QED) is 0.612. The highest BCUT2D eigenvalue weighted by molar-refractivity contribution is 7.15. The number of rotatable bonds is 6. The number of alkyl halides is 3. The fourth-order valence-electron chi connectivity index (χ4n) is 2.15. The van der Waals surface area contributed by atoms with E-state index in [2.05, 4.69) is 19.8 Å². The van der Waals surface area contributed by atoms with E-state index >= 15 is 0 Å². The molecule has 0 N–H and O–H groups in total. The van der Waals surface area contributed by atoms with Crippen molar-refractivity contribution < 1.29 is 22.5 Å². The highest BCUT2D eigenvalue weighted by Crippen LogP contribution is 2.31. The molecule has 0 unspecified atom stereocenters. The lowest BCUT2D eigenvalue weighted by Gasteiger charge is -1.97. The standard InChI is InChI=1S/C15H13F3N4O2S/c1-2-3-11(23)9-6-19-22(7-9)8-10-4-5-12(25-10)13-20-14(24-21-13)15(16,17)18/h4-7H,2-3,8H2,1H3. The normalized spacial score (nSPS) is 11.8. The van der Waals surface area contributed by atoms with Crippen LogP contribution in [-0.4, -0.2) is 25.7 Å². The van der Waals surface area contributed by atoms with E-state index in [0.29, 0.717) is 23.4 Å². The van der Waals surface area contributed by atoms with Gasteiger partial charge in [0, 0.05) is 17.5 Å². The molecule has 132 valence electrons. The Morgan fingerprint density at radius 2 is 2.16 bits per heavy atom. The Morgan fingerprint density at radius 3 is 2.84 bits per heavy atom. The van der Waals surface area contributed by atoms with Crippen molar-refractivity contribution in [1.29, 1.82) is 0 Å². The van der Waals surface area contributed by atoms with Crippen LogP contribution < -0.4 is 0 Å². The molecule has 0 aromatic carbocycles. The summed E-state index contributed by atoms with van der Waals surface area (Å²) in [6, 6.07) is 3.37. The van der Waals surface area contributed by atoms with Gasteiger partial charge in [-0.05, 0) is 18.6 Å². The molecule has 3 heterocycles. The molecule has 0 aliphatic heterocycles. The van der Waals surface area contributed by atoms with Crippen LogP contribution in [0.2, 0.25) is 0 Å². The predicted octanol–water partition coefficient (Wildman–Crippen LogP) is 4.04. The maximum atomic E-state index is 12.5. The Morgan fingerprint density at radius 1 is 1.36 bits per heavy atom. The first kappa shape index (κ1) is 17.3. The van der Waals surface area contributed by atoms with Gasteiger partial charge in [0.05, 0.1) is 23.2 Å². The average Bonchev–Trinajstić information content (AvgIpc) is 3.27. The van der Waals surface area contributed by atoms with Gasteiger partial charge in [-0.2, -0.15) is 23.3 Å². The van der Waals surface area contributed by atoms with Gasteiger partial charge in [-0.1, -0.05) is 12.1 Å². The molecular weight excluding hydrogens is 357 g/mol. The summed E-state index contributed by atoms with van der Waals surface area (Å²) in [5.74, 6) is -1.45. The van der Waals surface area contributed by atoms with Gasteiger partial charge in [0.25, 0.3) is 0 Å². The molecule has 3 rings (SSSR count). The zero-order chi connectivity index (χ0) is 18.0. The van der Waals surface area contributed by atoms with Crippen LogP contribution >= 0.6 is 11.3 Å². The van der Waals surface area contributed by atoms with Crippen LogP contribution in [0.15, 0.2) is 29.0 Å². The van der Waals surface area contributed by atoms with E-state index < -0.39 is 12.1 Å². The minimum atomic E-state index is -4.66. The van der Waals surface area contributed by atoms with Crippen LogP contribution in [0.1, 0.15) is 40.9 Å². The summed E-state index contributed by atoms with van der Waals surface area (Å²) in [5.41, 5.74) is 0.548. The molecule has 25 heavy (non-hydrogen) atoms. The van der Waals surface area contributed by atoms with Crippen molar-refractivity contribution in [3.8, 4) is 10.7 Å². The minimum Gasteiger partial charge on any atom is -0.329 e. The fourth-order valence-corrected chi connectivity index (χ4v) is 3.07. The molecule has 0 aliphatic rings. The van der Waals surface area contributed by atoms with Gasteiger partial charge in [0.2, 0.25) is 5.82 Å². The maximum absolute atomic E-state index is 12.5. The molecule has 0 saturated carbocycles. The first-order chi connectivity index (χ1) is 11.9. The second-order valence-corrected chi connectivity index (χ2v) is 6.45. The van der Waals surface area contributed by atoms with Crippen molar-refractivity contribution in [2.45, 2.75) is 32.5 Å². The lowest BCUT2D eigenvalue weighted by molar-refractivity contribution is -0.159. The van der Waals surface area contributed by atoms with E-state index in [-0.39, 0.29) is 11.6 Å². The number of hydrogen-bond acceptors (Lipinski definition) is 6. The van der Waals surface area contributed by atoms with E-state index in [0.717, 1.165) is 11.3 Å². The van der Waals surface area contributed by atoms with Gasteiger partial charge >= 0.3 is 12.1 Å². The summed E-state index contributed by atoms with van der Waals surface area (Å²) in [5, 5.41) is 7.50. The molecule has 6 nitrogen and oxygen atoms in total. The van der Waals surface area contributed by atoms with Gasteiger partial charge in [-0.25, -0.2) is 0 Å². The lowest BCUT2D eigenvalue weighted by Crippen LogP contribution is -2.04. The van der Waals surface area contributed by atoms with Gasteiger partial charge < -0.3 is 4.52 Å². The summed E-state index contributed by atoms with van der Waals surface area (Å²) >= 11 is 1.23. The van der Waals surface area contributed by atoms with Crippen LogP contribution in [0.4, 0.5) is 13.2 Å². The SMILES string of the molecule is CCCC(=O)c1cnn(Cc2ccc(-c3noc(C(F)(F)F)n3)s2)c1. The van der Waals surface area contributed by atoms with E-state index in [1.165, 1.54) is 17.5 Å². The van der Waals surface area contributed by atoms with Crippen LogP contribution in [0.3, 0.4) is 0 Å². The Labute approximate surface area is 144 Å². The molecule has 3 aromatic heterocycles. The molecule has 3 aromatic rings. The maximum Gasteiger partial charge on any atom is 0.471 e. The van der Waals surface area contributed by atoms with Crippen molar-refractivity contribution in [3.63, 3.8) is 0 Å². The Kier molecular flexibility index (Phi) is 4.71. The lowest BCUT2D eigenvalue weighted by atomic mass is 10.1. The largest absolute Gasteiger partial charge is 0.471 e. The number of carbonyl (C=O) groups is 1. The molecule has 0 bridgehead atoms. The third kappa shape index (κ3) is 3.95. The van der Waals surface area contributed by atoms with Gasteiger partial charge in [-0.15, -0.1) is 11.3 Å². The molecule has 0 fully saturated rings. The fraction of sp³-hybridized carbons (Fsp3) is 0.333. The minimum absolute atomic E-state index is 0.0343. The molecule has 10 heteroatoms. The monoisotopic (exact) mass is 370 g/mol. The third-order valence-electron chi connectivity index (χ3n) is 3.30. The van der Waals surface area contributed by atoms with Crippen LogP contribution in [-0.2, 0) is 12.7 Å².